The number of nitrogens with zero attached hydrogens (tertiary/aromatic N) is 1. The van der Waals surface area contributed by atoms with Crippen molar-refractivity contribution in [2.75, 3.05) is 11.6 Å². The number of aromatic nitrogens is 1. The summed E-state index contributed by atoms with van der Waals surface area (Å²) in [6.07, 6.45) is 0. The van der Waals surface area contributed by atoms with Gasteiger partial charge in [0, 0.05) is 10.3 Å². The van der Waals surface area contributed by atoms with Crippen molar-refractivity contribution >= 4 is 40.5 Å². The minimum atomic E-state index is -0.322. The molecule has 2 nitrogen and oxygen atoms in total. The minimum Gasteiger partial charge on any atom is -0.291 e. The van der Waals surface area contributed by atoms with Gasteiger partial charge in [-0.05, 0) is 17.9 Å². The molecule has 0 aliphatic carbocycles. The smallest absolute Gasteiger partial charge is 0.196 e. The van der Waals surface area contributed by atoms with Gasteiger partial charge >= 0.3 is 0 Å². The van der Waals surface area contributed by atoms with Crippen LogP contribution in [0.3, 0.4) is 0 Å². The Bertz CT molecular complexity index is 600. The summed E-state index contributed by atoms with van der Waals surface area (Å²) in [5, 5.41) is 2.13. The summed E-state index contributed by atoms with van der Waals surface area (Å²) in [6.45, 7) is 2.00. The van der Waals surface area contributed by atoms with Gasteiger partial charge in [-0.3, -0.25) is 4.79 Å². The van der Waals surface area contributed by atoms with E-state index in [0.29, 0.717) is 16.3 Å². The van der Waals surface area contributed by atoms with E-state index in [4.69, 9.17) is 11.6 Å². The molecule has 0 aliphatic rings. The lowest BCUT2D eigenvalue weighted by molar-refractivity contribution is 0.101. The van der Waals surface area contributed by atoms with Crippen molar-refractivity contribution in [3.63, 3.8) is 0 Å². The van der Waals surface area contributed by atoms with Gasteiger partial charge in [-0.1, -0.05) is 13.0 Å². The van der Waals surface area contributed by atoms with Crippen LogP contribution < -0.4 is 0 Å². The summed E-state index contributed by atoms with van der Waals surface area (Å²) in [4.78, 5) is 16.5. The SMILES string of the molecule is CCSc1cccc(F)c1-c1nc(C(=O)CCl)cs1. The maximum atomic E-state index is 14.0. The Balaban J connectivity index is 2.46. The van der Waals surface area contributed by atoms with Gasteiger partial charge in [0.05, 0.1) is 11.4 Å². The lowest BCUT2D eigenvalue weighted by Gasteiger charge is -2.06. The van der Waals surface area contributed by atoms with E-state index in [1.165, 1.54) is 17.4 Å². The van der Waals surface area contributed by atoms with E-state index in [9.17, 15) is 9.18 Å². The Hall–Kier alpha value is -0.910. The third kappa shape index (κ3) is 3.16. The van der Waals surface area contributed by atoms with E-state index in [1.807, 2.05) is 13.0 Å². The van der Waals surface area contributed by atoms with Crippen LogP contribution in [0.15, 0.2) is 28.5 Å². The number of thioether (sulfide) groups is 1. The molecule has 1 heterocycles. The fourth-order valence-corrected chi connectivity index (χ4v) is 3.48. The average molecular weight is 316 g/mol. The van der Waals surface area contributed by atoms with Crippen molar-refractivity contribution in [3.8, 4) is 10.6 Å². The lowest BCUT2D eigenvalue weighted by Crippen LogP contribution is -2.00. The highest BCUT2D eigenvalue weighted by atomic mass is 35.5. The molecule has 2 aromatic rings. The molecule has 0 fully saturated rings. The molecule has 0 spiro atoms. The highest BCUT2D eigenvalue weighted by molar-refractivity contribution is 7.99. The summed E-state index contributed by atoms with van der Waals surface area (Å²) in [5.74, 6) is 0.162. The number of carbonyl (C=O) groups excluding carboxylic acids is 1. The molecule has 1 aromatic heterocycles. The van der Waals surface area contributed by atoms with Crippen molar-refractivity contribution in [1.82, 2.24) is 4.98 Å². The van der Waals surface area contributed by atoms with Gasteiger partial charge in [0.1, 0.15) is 16.5 Å². The van der Waals surface area contributed by atoms with E-state index in [-0.39, 0.29) is 17.5 Å². The molecule has 0 amide bonds. The van der Waals surface area contributed by atoms with Gasteiger partial charge in [-0.15, -0.1) is 34.7 Å². The lowest BCUT2D eigenvalue weighted by atomic mass is 10.2. The molecule has 6 heteroatoms. The second kappa shape index (κ2) is 6.50. The van der Waals surface area contributed by atoms with Gasteiger partial charge in [0.15, 0.2) is 5.78 Å². The van der Waals surface area contributed by atoms with Gasteiger partial charge in [0.25, 0.3) is 0 Å². The van der Waals surface area contributed by atoms with Crippen LogP contribution in [0.25, 0.3) is 10.6 Å². The second-order valence-electron chi connectivity index (χ2n) is 3.64. The van der Waals surface area contributed by atoms with Crippen molar-refractivity contribution in [2.24, 2.45) is 0 Å². The van der Waals surface area contributed by atoms with Crippen molar-refractivity contribution in [3.05, 3.63) is 35.1 Å². The number of halogens is 2. The first kappa shape index (κ1) is 14.5. The van der Waals surface area contributed by atoms with Crippen molar-refractivity contribution in [1.29, 1.82) is 0 Å². The molecule has 0 radical (unpaired) electrons. The van der Waals surface area contributed by atoms with E-state index in [0.717, 1.165) is 10.6 Å². The number of thiazole rings is 1. The standard InChI is InChI=1S/C13H11ClFNOS2/c1-2-18-11-5-3-4-8(15)12(11)13-16-9(7-19-13)10(17)6-14/h3-5,7H,2,6H2,1H3. The van der Waals surface area contributed by atoms with Crippen molar-refractivity contribution < 1.29 is 9.18 Å². The molecule has 0 N–H and O–H groups in total. The molecule has 0 saturated carbocycles. The maximum Gasteiger partial charge on any atom is 0.196 e. The first-order valence-corrected chi connectivity index (χ1v) is 8.03. The highest BCUT2D eigenvalue weighted by Gasteiger charge is 2.16. The topological polar surface area (TPSA) is 30.0 Å². The second-order valence-corrected chi connectivity index (χ2v) is 6.07. The summed E-state index contributed by atoms with van der Waals surface area (Å²) < 4.78 is 14.0. The van der Waals surface area contributed by atoms with E-state index in [2.05, 4.69) is 4.98 Å². The minimum absolute atomic E-state index is 0.114. The van der Waals surface area contributed by atoms with Crippen LogP contribution in [0.4, 0.5) is 4.39 Å². The number of alkyl halides is 1. The molecule has 100 valence electrons. The van der Waals surface area contributed by atoms with Crippen LogP contribution in [0.1, 0.15) is 17.4 Å². The Morgan fingerprint density at radius 2 is 2.32 bits per heavy atom. The molecule has 0 saturated heterocycles. The quantitative estimate of drug-likeness (QED) is 0.463. The molecule has 0 bridgehead atoms. The zero-order valence-electron chi connectivity index (χ0n) is 10.2. The number of ketones is 1. The predicted octanol–water partition coefficient (Wildman–Crippen LogP) is 4.48. The zero-order valence-corrected chi connectivity index (χ0v) is 12.5. The van der Waals surface area contributed by atoms with Crippen LogP contribution in [0.2, 0.25) is 0 Å². The number of hydrogen-bond acceptors (Lipinski definition) is 4. The Morgan fingerprint density at radius 1 is 1.53 bits per heavy atom. The van der Waals surface area contributed by atoms with Crippen LogP contribution in [-0.4, -0.2) is 22.4 Å². The average Bonchev–Trinajstić information content (AvgIpc) is 2.87. The Labute approximate surface area is 124 Å². The molecular formula is C13H11ClFNOS2. The van der Waals surface area contributed by atoms with Gasteiger partial charge in [-0.2, -0.15) is 0 Å². The number of carbonyl (C=O) groups is 1. The number of Topliss-reactive ketones (excluding diaryl/α,β-unsaturated/α-hetero) is 1. The molecule has 0 unspecified atom stereocenters. The molecule has 0 aliphatic heterocycles. The fraction of sp³-hybridized carbons (Fsp3) is 0.231. The monoisotopic (exact) mass is 315 g/mol. The number of hydrogen-bond donors (Lipinski definition) is 0. The Morgan fingerprint density at radius 3 is 3.00 bits per heavy atom. The third-order valence-electron chi connectivity index (χ3n) is 2.40. The third-order valence-corrected chi connectivity index (χ3v) is 4.44. The molecule has 19 heavy (non-hydrogen) atoms. The summed E-state index contributed by atoms with van der Waals surface area (Å²) in [5.41, 5.74) is 0.763. The van der Waals surface area contributed by atoms with Crippen LogP contribution in [0.5, 0.6) is 0 Å². The van der Waals surface area contributed by atoms with Crippen molar-refractivity contribution in [2.45, 2.75) is 11.8 Å². The number of rotatable bonds is 5. The first-order valence-electron chi connectivity index (χ1n) is 5.63. The largest absolute Gasteiger partial charge is 0.291 e. The fourth-order valence-electron chi connectivity index (χ4n) is 1.57. The van der Waals surface area contributed by atoms with E-state index < -0.39 is 0 Å². The normalized spacial score (nSPS) is 10.7. The van der Waals surface area contributed by atoms with Crippen LogP contribution in [0, 0.1) is 5.82 Å². The maximum absolute atomic E-state index is 14.0. The molecule has 2 rings (SSSR count). The van der Waals surface area contributed by atoms with E-state index >= 15 is 0 Å². The molecular weight excluding hydrogens is 305 g/mol. The van der Waals surface area contributed by atoms with Gasteiger partial charge in [0.2, 0.25) is 0 Å². The summed E-state index contributed by atoms with van der Waals surface area (Å²) >= 11 is 8.30. The van der Waals surface area contributed by atoms with E-state index in [1.54, 1.807) is 23.2 Å². The predicted molar refractivity (Wildman–Crippen MR) is 79.0 cm³/mol. The number of benzene rings is 1. The Kier molecular flexibility index (Phi) is 4.96. The molecule has 0 atom stereocenters. The first-order chi connectivity index (χ1) is 9.17. The van der Waals surface area contributed by atoms with Crippen LogP contribution in [-0.2, 0) is 0 Å². The van der Waals surface area contributed by atoms with Gasteiger partial charge in [-0.25, -0.2) is 9.37 Å². The van der Waals surface area contributed by atoms with Gasteiger partial charge < -0.3 is 0 Å². The summed E-state index contributed by atoms with van der Waals surface area (Å²) in [6, 6.07) is 4.94. The zero-order chi connectivity index (χ0) is 13.8. The highest BCUT2D eigenvalue weighted by Crippen LogP contribution is 2.35. The summed E-state index contributed by atoms with van der Waals surface area (Å²) in [7, 11) is 0. The van der Waals surface area contributed by atoms with Crippen LogP contribution >= 0.6 is 34.7 Å². The molecule has 1 aromatic carbocycles.